The molecule has 4 nitrogen and oxygen atoms in total. The maximum Gasteiger partial charge on any atom is 0.251 e. The molecule has 1 aromatic rings. The van der Waals surface area contributed by atoms with Gasteiger partial charge in [0.1, 0.15) is 18.9 Å². The van der Waals surface area contributed by atoms with E-state index in [1.165, 1.54) is 17.0 Å². The van der Waals surface area contributed by atoms with Gasteiger partial charge < -0.3 is 15.0 Å². The third-order valence-electron chi connectivity index (χ3n) is 3.28. The van der Waals surface area contributed by atoms with Gasteiger partial charge in [-0.05, 0) is 18.2 Å². The lowest BCUT2D eigenvalue weighted by molar-refractivity contribution is -0.908. The smallest absolute Gasteiger partial charge is 0.251 e. The first-order chi connectivity index (χ1) is 9.25. The molecule has 0 saturated carbocycles. The molecule has 0 bridgehead atoms. The van der Waals surface area contributed by atoms with Crippen LogP contribution in [0.3, 0.4) is 0 Å². The lowest BCUT2D eigenvalue weighted by Crippen LogP contribution is -3.14. The number of morpholine rings is 1. The first-order valence-electron chi connectivity index (χ1n) is 6.71. The Morgan fingerprint density at radius 3 is 2.89 bits per heavy atom. The Kier molecular flexibility index (Phi) is 5.30. The highest BCUT2D eigenvalue weighted by Crippen LogP contribution is 2.02. The summed E-state index contributed by atoms with van der Waals surface area (Å²) in [5.74, 6) is -0.595. The van der Waals surface area contributed by atoms with E-state index in [1.807, 2.05) is 0 Å². The molecule has 5 heteroatoms. The minimum atomic E-state index is -0.384. The summed E-state index contributed by atoms with van der Waals surface area (Å²) in [6.45, 7) is 5.39. The first kappa shape index (κ1) is 14.0. The number of halogens is 1. The van der Waals surface area contributed by atoms with Crippen LogP contribution < -0.4 is 10.2 Å². The Morgan fingerprint density at radius 2 is 2.16 bits per heavy atom. The van der Waals surface area contributed by atoms with Crippen molar-refractivity contribution in [1.29, 1.82) is 0 Å². The fourth-order valence-corrected chi connectivity index (χ4v) is 2.18. The third kappa shape index (κ3) is 4.61. The lowest BCUT2D eigenvalue weighted by Gasteiger charge is -2.23. The number of hydrogen-bond donors (Lipinski definition) is 2. The summed E-state index contributed by atoms with van der Waals surface area (Å²) in [6.07, 6.45) is 0.927. The second kappa shape index (κ2) is 7.21. The SMILES string of the molecule is O=C(NCCC[NH+]1CCOCC1)c1cccc(F)c1. The van der Waals surface area contributed by atoms with E-state index in [2.05, 4.69) is 5.32 Å². The Balaban J connectivity index is 1.66. The summed E-state index contributed by atoms with van der Waals surface area (Å²) < 4.78 is 18.3. The van der Waals surface area contributed by atoms with E-state index in [0.29, 0.717) is 12.1 Å². The van der Waals surface area contributed by atoms with Crippen LogP contribution in [0.15, 0.2) is 24.3 Å². The normalized spacial score (nSPS) is 16.3. The molecule has 0 atom stereocenters. The van der Waals surface area contributed by atoms with Gasteiger partial charge in [-0.25, -0.2) is 4.39 Å². The number of nitrogens with one attached hydrogen (secondary N) is 2. The van der Waals surface area contributed by atoms with Crippen molar-refractivity contribution in [2.24, 2.45) is 0 Å². The fraction of sp³-hybridized carbons (Fsp3) is 0.500. The molecule has 1 fully saturated rings. The van der Waals surface area contributed by atoms with Gasteiger partial charge in [0, 0.05) is 18.5 Å². The summed E-state index contributed by atoms with van der Waals surface area (Å²) in [5.41, 5.74) is 0.374. The molecule has 1 aliphatic rings. The molecule has 0 unspecified atom stereocenters. The van der Waals surface area contributed by atoms with Crippen LogP contribution in [0.1, 0.15) is 16.8 Å². The van der Waals surface area contributed by atoms with Crippen molar-refractivity contribution in [1.82, 2.24) is 5.32 Å². The predicted molar refractivity (Wildman–Crippen MR) is 69.7 cm³/mol. The van der Waals surface area contributed by atoms with Crippen LogP contribution in [0.25, 0.3) is 0 Å². The van der Waals surface area contributed by atoms with E-state index in [0.717, 1.165) is 39.3 Å². The molecule has 19 heavy (non-hydrogen) atoms. The Bertz CT molecular complexity index is 420. The number of ether oxygens (including phenoxy) is 1. The van der Waals surface area contributed by atoms with Gasteiger partial charge in [0.25, 0.3) is 5.91 Å². The molecule has 2 N–H and O–H groups in total. The molecule has 1 aliphatic heterocycles. The highest BCUT2D eigenvalue weighted by Gasteiger charge is 2.13. The number of amides is 1. The van der Waals surface area contributed by atoms with Crippen LogP contribution in [0.4, 0.5) is 4.39 Å². The Labute approximate surface area is 112 Å². The molecule has 0 spiro atoms. The largest absolute Gasteiger partial charge is 0.370 e. The van der Waals surface area contributed by atoms with E-state index in [-0.39, 0.29) is 11.7 Å². The van der Waals surface area contributed by atoms with Crippen molar-refractivity contribution in [3.8, 4) is 0 Å². The van der Waals surface area contributed by atoms with Crippen molar-refractivity contribution in [3.05, 3.63) is 35.6 Å². The molecule has 0 radical (unpaired) electrons. The van der Waals surface area contributed by atoms with Crippen LogP contribution in [0.5, 0.6) is 0 Å². The molecule has 1 amide bonds. The van der Waals surface area contributed by atoms with Gasteiger partial charge in [-0.3, -0.25) is 4.79 Å². The van der Waals surface area contributed by atoms with Crippen molar-refractivity contribution < 1.29 is 18.8 Å². The summed E-state index contributed by atoms with van der Waals surface area (Å²) >= 11 is 0. The molecule has 1 saturated heterocycles. The van der Waals surface area contributed by atoms with Crippen LogP contribution in [-0.2, 0) is 4.74 Å². The predicted octanol–water partition coefficient (Wildman–Crippen LogP) is -0.139. The van der Waals surface area contributed by atoms with E-state index in [1.54, 1.807) is 12.1 Å². The maximum absolute atomic E-state index is 13.0. The lowest BCUT2D eigenvalue weighted by atomic mass is 10.2. The van der Waals surface area contributed by atoms with Gasteiger partial charge >= 0.3 is 0 Å². The molecule has 0 aliphatic carbocycles. The van der Waals surface area contributed by atoms with Crippen LogP contribution in [-0.4, -0.2) is 45.3 Å². The molecule has 1 heterocycles. The maximum atomic E-state index is 13.0. The van der Waals surface area contributed by atoms with Crippen LogP contribution >= 0.6 is 0 Å². The molecule has 2 rings (SSSR count). The zero-order chi connectivity index (χ0) is 13.5. The number of rotatable bonds is 5. The highest BCUT2D eigenvalue weighted by molar-refractivity contribution is 5.94. The van der Waals surface area contributed by atoms with Crippen molar-refractivity contribution >= 4 is 5.91 Å². The zero-order valence-corrected chi connectivity index (χ0v) is 11.0. The van der Waals surface area contributed by atoms with Crippen molar-refractivity contribution in [2.75, 3.05) is 39.4 Å². The molecular formula is C14H20FN2O2+. The number of quaternary nitrogens is 1. The third-order valence-corrected chi connectivity index (χ3v) is 3.28. The van der Waals surface area contributed by atoms with Crippen LogP contribution in [0, 0.1) is 5.82 Å². The quantitative estimate of drug-likeness (QED) is 0.729. The summed E-state index contributed by atoms with van der Waals surface area (Å²) in [5, 5.41) is 2.82. The summed E-state index contributed by atoms with van der Waals surface area (Å²) in [6, 6.07) is 5.74. The van der Waals surface area contributed by atoms with E-state index in [9.17, 15) is 9.18 Å². The van der Waals surface area contributed by atoms with Gasteiger partial charge in [0.05, 0.1) is 19.8 Å². The van der Waals surface area contributed by atoms with Gasteiger partial charge in [0.2, 0.25) is 0 Å². The number of carbonyl (C=O) groups is 1. The average molecular weight is 267 g/mol. The van der Waals surface area contributed by atoms with Gasteiger partial charge in [-0.2, -0.15) is 0 Å². The molecular weight excluding hydrogens is 247 g/mol. The highest BCUT2D eigenvalue weighted by atomic mass is 19.1. The van der Waals surface area contributed by atoms with Crippen molar-refractivity contribution in [3.63, 3.8) is 0 Å². The topological polar surface area (TPSA) is 42.8 Å². The van der Waals surface area contributed by atoms with Gasteiger partial charge in [-0.15, -0.1) is 0 Å². The summed E-state index contributed by atoms with van der Waals surface area (Å²) in [4.78, 5) is 13.3. The first-order valence-corrected chi connectivity index (χ1v) is 6.71. The minimum absolute atomic E-state index is 0.212. The number of benzene rings is 1. The Morgan fingerprint density at radius 1 is 1.37 bits per heavy atom. The van der Waals surface area contributed by atoms with E-state index < -0.39 is 0 Å². The molecule has 104 valence electrons. The molecule has 0 aromatic heterocycles. The standard InChI is InChI=1S/C14H19FN2O2/c15-13-4-1-3-12(11-13)14(18)16-5-2-6-17-7-9-19-10-8-17/h1,3-4,11H,2,5-10H2,(H,16,18)/p+1. The number of carbonyl (C=O) groups excluding carboxylic acids is 1. The van der Waals surface area contributed by atoms with Crippen molar-refractivity contribution in [2.45, 2.75) is 6.42 Å². The Hall–Kier alpha value is -1.46. The van der Waals surface area contributed by atoms with Crippen LogP contribution in [0.2, 0.25) is 0 Å². The zero-order valence-electron chi connectivity index (χ0n) is 11.0. The van der Waals surface area contributed by atoms with Gasteiger partial charge in [0.15, 0.2) is 0 Å². The minimum Gasteiger partial charge on any atom is -0.370 e. The van der Waals surface area contributed by atoms with Gasteiger partial charge in [-0.1, -0.05) is 6.07 Å². The monoisotopic (exact) mass is 267 g/mol. The summed E-state index contributed by atoms with van der Waals surface area (Å²) in [7, 11) is 0. The number of hydrogen-bond acceptors (Lipinski definition) is 2. The van der Waals surface area contributed by atoms with E-state index in [4.69, 9.17) is 4.74 Å². The fourth-order valence-electron chi connectivity index (χ4n) is 2.18. The second-order valence-corrected chi connectivity index (χ2v) is 4.73. The second-order valence-electron chi connectivity index (χ2n) is 4.73. The average Bonchev–Trinajstić information content (AvgIpc) is 2.44. The molecule has 1 aromatic carbocycles. The van der Waals surface area contributed by atoms with E-state index >= 15 is 0 Å².